The van der Waals surface area contributed by atoms with Gasteiger partial charge in [-0.25, -0.2) is 9.59 Å². The van der Waals surface area contributed by atoms with E-state index in [0.29, 0.717) is 25.9 Å². The van der Waals surface area contributed by atoms with Crippen LogP contribution in [0.5, 0.6) is 0 Å². The lowest BCUT2D eigenvalue weighted by molar-refractivity contribution is -0.146. The largest absolute Gasteiger partial charge is 0.459 e. The molecule has 1 fully saturated rings. The van der Waals surface area contributed by atoms with Gasteiger partial charge in [0.25, 0.3) is 0 Å². The first-order valence-electron chi connectivity index (χ1n) is 11.9. The number of rotatable bonds is 7. The molecule has 0 aromatic heterocycles. The van der Waals surface area contributed by atoms with E-state index in [1.165, 1.54) is 4.90 Å². The van der Waals surface area contributed by atoms with Gasteiger partial charge in [-0.05, 0) is 44.7 Å². The Morgan fingerprint density at radius 3 is 1.89 bits per heavy atom. The van der Waals surface area contributed by atoms with Crippen molar-refractivity contribution in [1.29, 1.82) is 0 Å². The minimum Gasteiger partial charge on any atom is -0.459 e. The molecular weight excluding hydrogens is 448 g/mol. The Morgan fingerprint density at radius 1 is 0.857 bits per heavy atom. The van der Waals surface area contributed by atoms with Crippen molar-refractivity contribution in [1.82, 2.24) is 9.80 Å². The SMILES string of the molecule is CC(C)(C)OC(=O)N1CCC(N(CC(=O)OCc2ccccc2)C(=O)OCc2ccccc2)CC1. The first-order chi connectivity index (χ1) is 16.7. The van der Waals surface area contributed by atoms with Crippen LogP contribution in [0.4, 0.5) is 9.59 Å². The predicted molar refractivity (Wildman–Crippen MR) is 130 cm³/mol. The quantitative estimate of drug-likeness (QED) is 0.418. The number of nitrogens with zero attached hydrogens (tertiary/aromatic N) is 2. The number of likely N-dealkylation sites (tertiary alicyclic amines) is 1. The fourth-order valence-electron chi connectivity index (χ4n) is 3.75. The maximum absolute atomic E-state index is 13.0. The molecule has 0 radical (unpaired) electrons. The lowest BCUT2D eigenvalue weighted by atomic mass is 10.0. The average molecular weight is 483 g/mol. The van der Waals surface area contributed by atoms with Gasteiger partial charge in [-0.3, -0.25) is 9.69 Å². The number of benzene rings is 2. The van der Waals surface area contributed by atoms with Crippen molar-refractivity contribution in [2.75, 3.05) is 19.6 Å². The Balaban J connectivity index is 1.61. The molecule has 0 spiro atoms. The first kappa shape index (κ1) is 26.1. The number of hydrogen-bond acceptors (Lipinski definition) is 6. The lowest BCUT2D eigenvalue weighted by Gasteiger charge is -2.37. The van der Waals surface area contributed by atoms with Gasteiger partial charge in [0.15, 0.2) is 0 Å². The van der Waals surface area contributed by atoms with Crippen LogP contribution in [-0.2, 0) is 32.2 Å². The second-order valence-corrected chi connectivity index (χ2v) is 9.51. The molecular formula is C27H34N2O6. The van der Waals surface area contributed by atoms with Crippen LogP contribution >= 0.6 is 0 Å². The van der Waals surface area contributed by atoms with Crippen molar-refractivity contribution >= 4 is 18.2 Å². The highest BCUT2D eigenvalue weighted by Gasteiger charge is 2.33. The third-order valence-corrected chi connectivity index (χ3v) is 5.54. The molecule has 1 aliphatic heterocycles. The van der Waals surface area contributed by atoms with Gasteiger partial charge in [-0.1, -0.05) is 60.7 Å². The minimum atomic E-state index is -0.582. The predicted octanol–water partition coefficient (Wildman–Crippen LogP) is 4.77. The van der Waals surface area contributed by atoms with E-state index in [9.17, 15) is 14.4 Å². The molecule has 8 nitrogen and oxygen atoms in total. The first-order valence-corrected chi connectivity index (χ1v) is 11.9. The summed E-state index contributed by atoms with van der Waals surface area (Å²) < 4.78 is 16.4. The van der Waals surface area contributed by atoms with Crippen LogP contribution in [0.25, 0.3) is 0 Å². The summed E-state index contributed by atoms with van der Waals surface area (Å²) in [4.78, 5) is 41.1. The number of amides is 2. The van der Waals surface area contributed by atoms with E-state index in [4.69, 9.17) is 14.2 Å². The van der Waals surface area contributed by atoms with E-state index in [-0.39, 0.29) is 31.9 Å². The van der Waals surface area contributed by atoms with Crippen LogP contribution in [0.15, 0.2) is 60.7 Å². The third kappa shape index (κ3) is 8.63. The van der Waals surface area contributed by atoms with E-state index in [1.807, 2.05) is 81.4 Å². The van der Waals surface area contributed by atoms with Gasteiger partial charge < -0.3 is 19.1 Å². The molecule has 3 rings (SSSR count). The Hall–Kier alpha value is -3.55. The second kappa shape index (κ2) is 12.2. The number of piperidine rings is 1. The highest BCUT2D eigenvalue weighted by atomic mass is 16.6. The molecule has 0 atom stereocenters. The maximum Gasteiger partial charge on any atom is 0.410 e. The van der Waals surface area contributed by atoms with E-state index in [0.717, 1.165) is 11.1 Å². The highest BCUT2D eigenvalue weighted by molar-refractivity contribution is 5.78. The van der Waals surface area contributed by atoms with Gasteiger partial charge in [0.2, 0.25) is 0 Å². The van der Waals surface area contributed by atoms with Gasteiger partial charge in [0, 0.05) is 19.1 Å². The molecule has 2 amide bonds. The van der Waals surface area contributed by atoms with Crippen LogP contribution in [0.2, 0.25) is 0 Å². The summed E-state index contributed by atoms with van der Waals surface area (Å²) in [7, 11) is 0. The molecule has 0 aliphatic carbocycles. The summed E-state index contributed by atoms with van der Waals surface area (Å²) in [6.07, 6.45) is 0.0507. The molecule has 2 aromatic carbocycles. The van der Waals surface area contributed by atoms with Crippen molar-refractivity contribution in [3.63, 3.8) is 0 Å². The van der Waals surface area contributed by atoms with Crippen LogP contribution < -0.4 is 0 Å². The standard InChI is InChI=1S/C27H34N2O6/c1-27(2,3)35-25(31)28-16-14-23(15-17-28)29(26(32)34-20-22-12-8-5-9-13-22)18-24(30)33-19-21-10-6-4-7-11-21/h4-13,23H,14-20H2,1-3H3. The van der Waals surface area contributed by atoms with Crippen molar-refractivity contribution in [3.8, 4) is 0 Å². The van der Waals surface area contributed by atoms with Gasteiger partial charge in [-0.2, -0.15) is 0 Å². The summed E-state index contributed by atoms with van der Waals surface area (Å²) in [5.41, 5.74) is 1.14. The van der Waals surface area contributed by atoms with Crippen LogP contribution in [0.1, 0.15) is 44.7 Å². The van der Waals surface area contributed by atoms with Crippen molar-refractivity contribution < 1.29 is 28.6 Å². The van der Waals surface area contributed by atoms with E-state index in [1.54, 1.807) is 4.90 Å². The summed E-state index contributed by atoms with van der Waals surface area (Å²) in [6.45, 7) is 6.31. The number of carbonyl (C=O) groups excluding carboxylic acids is 3. The second-order valence-electron chi connectivity index (χ2n) is 9.51. The summed E-state index contributed by atoms with van der Waals surface area (Å²) in [5, 5.41) is 0. The maximum atomic E-state index is 13.0. The summed E-state index contributed by atoms with van der Waals surface area (Å²) in [5.74, 6) is -0.514. The number of hydrogen-bond donors (Lipinski definition) is 0. The average Bonchev–Trinajstić information content (AvgIpc) is 2.85. The van der Waals surface area contributed by atoms with Crippen molar-refractivity contribution in [2.24, 2.45) is 0 Å². The zero-order valence-corrected chi connectivity index (χ0v) is 20.6. The molecule has 1 aliphatic rings. The van der Waals surface area contributed by atoms with Gasteiger partial charge in [0.05, 0.1) is 0 Å². The molecule has 1 saturated heterocycles. The van der Waals surface area contributed by atoms with Gasteiger partial charge in [-0.15, -0.1) is 0 Å². The molecule has 0 unspecified atom stereocenters. The molecule has 35 heavy (non-hydrogen) atoms. The topological polar surface area (TPSA) is 85.4 Å². The Kier molecular flexibility index (Phi) is 9.11. The van der Waals surface area contributed by atoms with Crippen LogP contribution in [-0.4, -0.2) is 59.2 Å². The summed E-state index contributed by atoms with van der Waals surface area (Å²) >= 11 is 0. The monoisotopic (exact) mass is 482 g/mol. The van der Waals surface area contributed by atoms with E-state index >= 15 is 0 Å². The normalized spacial score (nSPS) is 14.2. The fraction of sp³-hybridized carbons (Fsp3) is 0.444. The smallest absolute Gasteiger partial charge is 0.410 e. The molecule has 1 heterocycles. The molecule has 0 bridgehead atoms. The third-order valence-electron chi connectivity index (χ3n) is 5.54. The molecule has 0 N–H and O–H groups in total. The van der Waals surface area contributed by atoms with Gasteiger partial charge in [0.1, 0.15) is 25.4 Å². The van der Waals surface area contributed by atoms with Crippen molar-refractivity contribution in [3.05, 3.63) is 71.8 Å². The van der Waals surface area contributed by atoms with E-state index in [2.05, 4.69) is 0 Å². The minimum absolute atomic E-state index is 0.103. The summed E-state index contributed by atoms with van der Waals surface area (Å²) in [6, 6.07) is 18.5. The van der Waals surface area contributed by atoms with Gasteiger partial charge >= 0.3 is 18.2 Å². The Morgan fingerprint density at radius 2 is 1.37 bits per heavy atom. The zero-order chi connectivity index (χ0) is 25.3. The van der Waals surface area contributed by atoms with Crippen LogP contribution in [0, 0.1) is 0 Å². The van der Waals surface area contributed by atoms with Crippen molar-refractivity contribution in [2.45, 2.75) is 58.5 Å². The molecule has 0 saturated carbocycles. The highest BCUT2D eigenvalue weighted by Crippen LogP contribution is 2.21. The molecule has 188 valence electrons. The number of ether oxygens (including phenoxy) is 3. The fourth-order valence-corrected chi connectivity index (χ4v) is 3.75. The number of esters is 1. The Labute approximate surface area is 206 Å². The molecule has 2 aromatic rings. The van der Waals surface area contributed by atoms with Crippen LogP contribution in [0.3, 0.4) is 0 Å². The lowest BCUT2D eigenvalue weighted by Crippen LogP contribution is -2.51. The zero-order valence-electron chi connectivity index (χ0n) is 20.6. The molecule has 8 heteroatoms. The van der Waals surface area contributed by atoms with E-state index < -0.39 is 17.7 Å². The Bertz CT molecular complexity index is 966. The number of carbonyl (C=O) groups is 3.